The van der Waals surface area contributed by atoms with E-state index in [9.17, 15) is 31.5 Å². The molecule has 2 aromatic rings. The average Bonchev–Trinajstić information content (AvgIpc) is 3.03. The Morgan fingerprint density at radius 1 is 0.967 bits per heavy atom. The van der Waals surface area contributed by atoms with Gasteiger partial charge in [0.2, 0.25) is 11.7 Å². The molecule has 1 aliphatic heterocycles. The van der Waals surface area contributed by atoms with Crippen molar-refractivity contribution in [2.24, 2.45) is 0 Å². The third-order valence-electron chi connectivity index (χ3n) is 4.30. The Bertz CT molecular complexity index is 955. The van der Waals surface area contributed by atoms with Crippen LogP contribution in [0.15, 0.2) is 24.3 Å². The van der Waals surface area contributed by atoms with Crippen LogP contribution in [0.1, 0.15) is 19.8 Å². The van der Waals surface area contributed by atoms with Crippen LogP contribution in [0.2, 0.25) is 0 Å². The Morgan fingerprint density at radius 2 is 1.53 bits per heavy atom. The molecule has 11 heteroatoms. The first-order chi connectivity index (χ1) is 14.3. The molecule has 0 saturated carbocycles. The van der Waals surface area contributed by atoms with Gasteiger partial charge in [-0.25, -0.2) is 32.3 Å². The normalized spacial score (nSPS) is 16.3. The van der Waals surface area contributed by atoms with E-state index in [4.69, 9.17) is 4.74 Å². The van der Waals surface area contributed by atoms with E-state index in [-0.39, 0.29) is 5.69 Å². The number of carbonyl (C=O) groups excluding carboxylic acids is 2. The van der Waals surface area contributed by atoms with Gasteiger partial charge in [0.25, 0.3) is 5.91 Å². The predicted octanol–water partition coefficient (Wildman–Crippen LogP) is 3.42. The Hall–Kier alpha value is -3.21. The van der Waals surface area contributed by atoms with Gasteiger partial charge in [-0.3, -0.25) is 9.59 Å². The molecule has 1 heterocycles. The van der Waals surface area contributed by atoms with Crippen molar-refractivity contribution in [2.45, 2.75) is 25.8 Å². The first-order valence-corrected chi connectivity index (χ1v) is 8.88. The molecule has 1 fully saturated rings. The van der Waals surface area contributed by atoms with Gasteiger partial charge in [-0.1, -0.05) is 6.92 Å². The fourth-order valence-corrected chi connectivity index (χ4v) is 2.80. The van der Waals surface area contributed by atoms with Crippen LogP contribution in [0.3, 0.4) is 0 Å². The number of benzene rings is 2. The van der Waals surface area contributed by atoms with Crippen molar-refractivity contribution >= 4 is 23.2 Å². The van der Waals surface area contributed by atoms with Crippen LogP contribution in [0, 0.1) is 29.1 Å². The Kier molecular flexibility index (Phi) is 6.20. The number of nitrogens with one attached hydrogen (secondary N) is 2. The van der Waals surface area contributed by atoms with Crippen LogP contribution >= 0.6 is 0 Å². The molecular weight excluding hydrogens is 413 g/mol. The molecule has 3 rings (SSSR count). The van der Waals surface area contributed by atoms with Crippen LogP contribution in [-0.2, 0) is 9.59 Å². The number of hydrazine groups is 1. The van der Waals surface area contributed by atoms with Gasteiger partial charge in [-0.05, 0) is 30.7 Å². The Labute approximate surface area is 167 Å². The van der Waals surface area contributed by atoms with Crippen LogP contribution in [0.25, 0.3) is 0 Å². The number of amides is 2. The number of hydrogen-bond acceptors (Lipinski definition) is 5. The first kappa shape index (κ1) is 21.5. The molecule has 0 aromatic heterocycles. The smallest absolute Gasteiger partial charge is 0.253 e. The van der Waals surface area contributed by atoms with Crippen molar-refractivity contribution in [3.8, 4) is 5.75 Å². The number of halogens is 5. The maximum atomic E-state index is 13.7. The minimum Gasteiger partial charge on any atom is -0.494 e. The largest absolute Gasteiger partial charge is 0.494 e. The van der Waals surface area contributed by atoms with E-state index in [1.807, 2.05) is 12.3 Å². The molecule has 0 aliphatic carbocycles. The molecule has 1 aliphatic rings. The van der Waals surface area contributed by atoms with Crippen molar-refractivity contribution in [1.29, 1.82) is 0 Å². The maximum absolute atomic E-state index is 13.7. The fraction of sp³-hybridized carbons (Fsp3) is 0.263. The molecule has 6 nitrogen and oxygen atoms in total. The van der Waals surface area contributed by atoms with Crippen molar-refractivity contribution in [3.63, 3.8) is 0 Å². The third-order valence-corrected chi connectivity index (χ3v) is 4.30. The van der Waals surface area contributed by atoms with Crippen molar-refractivity contribution in [1.82, 2.24) is 5.43 Å². The summed E-state index contributed by atoms with van der Waals surface area (Å²) in [6, 6.07) is 4.82. The second-order valence-corrected chi connectivity index (χ2v) is 6.38. The highest BCUT2D eigenvalue weighted by molar-refractivity contribution is 6.22. The summed E-state index contributed by atoms with van der Waals surface area (Å²) in [5.74, 6) is -11.6. The quantitative estimate of drug-likeness (QED) is 0.232. The summed E-state index contributed by atoms with van der Waals surface area (Å²) in [5.41, 5.74) is 2.86. The Balaban J connectivity index is 1.73. The second kappa shape index (κ2) is 8.66. The minimum atomic E-state index is -2.31. The zero-order valence-corrected chi connectivity index (χ0v) is 15.6. The summed E-state index contributed by atoms with van der Waals surface area (Å²) in [5, 5.41) is 0. The van der Waals surface area contributed by atoms with Crippen LogP contribution < -0.4 is 20.5 Å². The topological polar surface area (TPSA) is 70.7 Å². The van der Waals surface area contributed by atoms with Crippen LogP contribution in [0.5, 0.6) is 5.75 Å². The van der Waals surface area contributed by atoms with Gasteiger partial charge in [0.1, 0.15) is 17.5 Å². The monoisotopic (exact) mass is 429 g/mol. The number of nitrogens with zero attached hydrogens (tertiary/aromatic N) is 1. The first-order valence-electron chi connectivity index (χ1n) is 8.88. The lowest BCUT2D eigenvalue weighted by atomic mass is 10.2. The predicted molar refractivity (Wildman–Crippen MR) is 96.1 cm³/mol. The molecular formula is C19H16F5N3O3. The highest BCUT2D eigenvalue weighted by Gasteiger charge is 2.40. The van der Waals surface area contributed by atoms with Crippen molar-refractivity contribution < 1.29 is 36.3 Å². The molecule has 0 unspecified atom stereocenters. The molecule has 30 heavy (non-hydrogen) atoms. The zero-order chi connectivity index (χ0) is 22.0. The van der Waals surface area contributed by atoms with E-state index in [2.05, 4.69) is 5.43 Å². The molecule has 0 radical (unpaired) electrons. The van der Waals surface area contributed by atoms with Crippen LogP contribution in [-0.4, -0.2) is 24.5 Å². The van der Waals surface area contributed by atoms with E-state index >= 15 is 0 Å². The molecule has 0 bridgehead atoms. The number of rotatable bonds is 7. The summed E-state index contributed by atoms with van der Waals surface area (Å²) < 4.78 is 72.5. The van der Waals surface area contributed by atoms with Gasteiger partial charge >= 0.3 is 0 Å². The standard InChI is InChI=1S/C19H16F5N3O3/c1-2-7-30-10-5-3-9(4-6-10)27-12(28)8-11(19(27)29)25-26-18-16(23)14(21)13(20)15(22)17(18)24/h3-6,11,25-26H,2,7-8H2,1H3/t11-/m0/s1. The molecule has 160 valence electrons. The highest BCUT2D eigenvalue weighted by Crippen LogP contribution is 2.28. The summed E-state index contributed by atoms with van der Waals surface area (Å²) in [7, 11) is 0. The lowest BCUT2D eigenvalue weighted by Crippen LogP contribution is -2.42. The average molecular weight is 429 g/mol. The van der Waals surface area contributed by atoms with Gasteiger partial charge in [0.05, 0.1) is 18.7 Å². The lowest BCUT2D eigenvalue weighted by Gasteiger charge is -2.17. The fourth-order valence-electron chi connectivity index (χ4n) is 2.80. The van der Waals surface area contributed by atoms with Gasteiger partial charge in [-0.2, -0.15) is 0 Å². The molecule has 1 saturated heterocycles. The van der Waals surface area contributed by atoms with E-state index in [1.165, 1.54) is 12.1 Å². The van der Waals surface area contributed by atoms with Gasteiger partial charge in [-0.15, -0.1) is 0 Å². The van der Waals surface area contributed by atoms with E-state index in [0.29, 0.717) is 12.4 Å². The van der Waals surface area contributed by atoms with Gasteiger partial charge in [0.15, 0.2) is 23.3 Å². The SMILES string of the molecule is CCCOc1ccc(N2C(=O)C[C@H](NNc3c(F)c(F)c(F)c(F)c3F)C2=O)cc1. The second-order valence-electron chi connectivity index (χ2n) is 6.38. The zero-order valence-electron chi connectivity index (χ0n) is 15.6. The Morgan fingerprint density at radius 3 is 2.10 bits per heavy atom. The number of hydrogen-bond donors (Lipinski definition) is 2. The molecule has 2 N–H and O–H groups in total. The van der Waals surface area contributed by atoms with Crippen LogP contribution in [0.4, 0.5) is 33.3 Å². The third kappa shape index (κ3) is 3.92. The summed E-state index contributed by atoms with van der Waals surface area (Å²) in [6.45, 7) is 2.43. The summed E-state index contributed by atoms with van der Waals surface area (Å²) >= 11 is 0. The summed E-state index contributed by atoms with van der Waals surface area (Å²) in [6.07, 6.45) is 0.406. The highest BCUT2D eigenvalue weighted by atomic mass is 19.2. The van der Waals surface area contributed by atoms with E-state index in [1.54, 1.807) is 12.1 Å². The number of anilines is 2. The maximum Gasteiger partial charge on any atom is 0.253 e. The van der Waals surface area contributed by atoms with Gasteiger partial charge in [0, 0.05) is 0 Å². The summed E-state index contributed by atoms with van der Waals surface area (Å²) in [4.78, 5) is 25.6. The number of ether oxygens (including phenoxy) is 1. The van der Waals surface area contributed by atoms with E-state index in [0.717, 1.165) is 11.3 Å². The lowest BCUT2D eigenvalue weighted by molar-refractivity contribution is -0.121. The van der Waals surface area contributed by atoms with Gasteiger partial charge < -0.3 is 10.2 Å². The molecule has 0 spiro atoms. The van der Waals surface area contributed by atoms with Crippen molar-refractivity contribution in [3.05, 3.63) is 53.4 Å². The molecule has 2 aromatic carbocycles. The minimum absolute atomic E-state index is 0.245. The molecule has 1 atom stereocenters. The molecule has 2 amide bonds. The van der Waals surface area contributed by atoms with Crippen molar-refractivity contribution in [2.75, 3.05) is 16.9 Å². The number of carbonyl (C=O) groups is 2. The van der Waals surface area contributed by atoms with E-state index < -0.39 is 59.1 Å². The number of imide groups is 1.